The van der Waals surface area contributed by atoms with Gasteiger partial charge in [-0.25, -0.2) is 0 Å². The Hall–Kier alpha value is -1.02. The molecule has 0 saturated carbocycles. The molecule has 82 valence electrons. The average Bonchev–Trinajstić information content (AvgIpc) is 2.71. The molecule has 0 bridgehead atoms. The van der Waals surface area contributed by atoms with E-state index >= 15 is 0 Å². The Morgan fingerprint density at radius 2 is 2.27 bits per heavy atom. The maximum atomic E-state index is 3.39. The van der Waals surface area contributed by atoms with Gasteiger partial charge in [0.2, 0.25) is 0 Å². The molecule has 2 nitrogen and oxygen atoms in total. The van der Waals surface area contributed by atoms with Crippen LogP contribution in [-0.2, 0) is 12.8 Å². The van der Waals surface area contributed by atoms with E-state index in [2.05, 4.69) is 28.8 Å². The predicted octanol–water partition coefficient (Wildman–Crippen LogP) is 2.20. The summed E-state index contributed by atoms with van der Waals surface area (Å²) in [6.07, 6.45) is 4.97. The van der Waals surface area contributed by atoms with E-state index in [1.807, 2.05) is 7.05 Å². The predicted molar refractivity (Wildman–Crippen MR) is 65.5 cm³/mol. The molecular weight excluding hydrogens is 184 g/mol. The van der Waals surface area contributed by atoms with Gasteiger partial charge in [0.25, 0.3) is 0 Å². The Kier molecular flexibility index (Phi) is 3.62. The minimum absolute atomic E-state index is 1.11. The summed E-state index contributed by atoms with van der Waals surface area (Å²) in [5.41, 5.74) is 4.34. The molecule has 0 spiro atoms. The van der Waals surface area contributed by atoms with Gasteiger partial charge in [0.15, 0.2) is 0 Å². The number of benzene rings is 1. The van der Waals surface area contributed by atoms with Crippen LogP contribution in [0.3, 0.4) is 0 Å². The number of rotatable bonds is 5. The van der Waals surface area contributed by atoms with E-state index in [1.165, 1.54) is 42.5 Å². The second-order valence-corrected chi connectivity index (χ2v) is 4.23. The van der Waals surface area contributed by atoms with Crippen LogP contribution in [-0.4, -0.2) is 20.1 Å². The van der Waals surface area contributed by atoms with Gasteiger partial charge in [-0.15, -0.1) is 0 Å². The first-order valence-electron chi connectivity index (χ1n) is 5.90. The first-order chi connectivity index (χ1) is 7.40. The van der Waals surface area contributed by atoms with Gasteiger partial charge in [-0.2, -0.15) is 0 Å². The third-order valence-corrected chi connectivity index (χ3v) is 3.02. The zero-order valence-corrected chi connectivity index (χ0v) is 9.47. The van der Waals surface area contributed by atoms with Crippen LogP contribution in [0.25, 0.3) is 0 Å². The van der Waals surface area contributed by atoms with Crippen LogP contribution in [0.2, 0.25) is 0 Å². The summed E-state index contributed by atoms with van der Waals surface area (Å²) in [6, 6.07) is 6.86. The lowest BCUT2D eigenvalue weighted by Crippen LogP contribution is -2.07. The van der Waals surface area contributed by atoms with Crippen molar-refractivity contribution in [3.63, 3.8) is 0 Å². The van der Waals surface area contributed by atoms with Crippen LogP contribution in [0.15, 0.2) is 18.2 Å². The van der Waals surface area contributed by atoms with Crippen molar-refractivity contribution in [1.82, 2.24) is 5.32 Å². The Bertz CT molecular complexity index is 320. The van der Waals surface area contributed by atoms with E-state index in [-0.39, 0.29) is 0 Å². The fourth-order valence-corrected chi connectivity index (χ4v) is 2.14. The molecular formula is C13H20N2. The van der Waals surface area contributed by atoms with Crippen molar-refractivity contribution in [2.45, 2.75) is 25.7 Å². The average molecular weight is 204 g/mol. The number of nitrogens with one attached hydrogen (secondary N) is 2. The largest absolute Gasteiger partial charge is 0.384 e. The van der Waals surface area contributed by atoms with E-state index in [9.17, 15) is 0 Å². The highest BCUT2D eigenvalue weighted by atomic mass is 14.9. The maximum Gasteiger partial charge on any atom is 0.0373 e. The lowest BCUT2D eigenvalue weighted by molar-refractivity contribution is 0.677. The summed E-state index contributed by atoms with van der Waals surface area (Å²) in [5, 5.41) is 6.58. The fraction of sp³-hybridized carbons (Fsp3) is 0.538. The molecule has 0 atom stereocenters. The van der Waals surface area contributed by atoms with Gasteiger partial charge in [0.1, 0.15) is 0 Å². The third kappa shape index (κ3) is 2.72. The molecule has 2 N–H and O–H groups in total. The Morgan fingerprint density at radius 1 is 1.33 bits per heavy atom. The topological polar surface area (TPSA) is 24.1 Å². The van der Waals surface area contributed by atoms with Gasteiger partial charge in [-0.3, -0.25) is 0 Å². The van der Waals surface area contributed by atoms with E-state index in [4.69, 9.17) is 0 Å². The van der Waals surface area contributed by atoms with Crippen molar-refractivity contribution in [2.75, 3.05) is 25.5 Å². The quantitative estimate of drug-likeness (QED) is 0.718. The van der Waals surface area contributed by atoms with E-state index in [1.54, 1.807) is 0 Å². The molecule has 1 heterocycles. The molecule has 2 rings (SSSR count). The van der Waals surface area contributed by atoms with E-state index in [0.717, 1.165) is 13.1 Å². The molecule has 0 saturated heterocycles. The summed E-state index contributed by atoms with van der Waals surface area (Å²) in [5.74, 6) is 0. The lowest BCUT2D eigenvalue weighted by atomic mass is 10.0. The highest BCUT2D eigenvalue weighted by Gasteiger charge is 2.09. The van der Waals surface area contributed by atoms with Crippen LogP contribution in [0.5, 0.6) is 0 Å². The van der Waals surface area contributed by atoms with Crippen molar-refractivity contribution < 1.29 is 0 Å². The van der Waals surface area contributed by atoms with Crippen LogP contribution >= 0.6 is 0 Å². The Balaban J connectivity index is 1.87. The van der Waals surface area contributed by atoms with Crippen LogP contribution in [0, 0.1) is 0 Å². The molecule has 1 aromatic rings. The Labute approximate surface area is 92.1 Å². The van der Waals surface area contributed by atoms with Gasteiger partial charge in [0.05, 0.1) is 0 Å². The second kappa shape index (κ2) is 5.17. The number of hydrogen-bond acceptors (Lipinski definition) is 2. The zero-order chi connectivity index (χ0) is 10.5. The van der Waals surface area contributed by atoms with Crippen molar-refractivity contribution in [1.29, 1.82) is 0 Å². The highest BCUT2D eigenvalue weighted by Crippen LogP contribution is 2.23. The van der Waals surface area contributed by atoms with Gasteiger partial charge in [-0.05, 0) is 56.5 Å². The summed E-state index contributed by atoms with van der Waals surface area (Å²) in [7, 11) is 2.01. The molecule has 0 unspecified atom stereocenters. The third-order valence-electron chi connectivity index (χ3n) is 3.02. The van der Waals surface area contributed by atoms with Gasteiger partial charge in [0, 0.05) is 12.2 Å². The van der Waals surface area contributed by atoms with E-state index < -0.39 is 0 Å². The SMILES string of the molecule is CNCCCCc1ccc2c(c1)CCN2. The summed E-state index contributed by atoms with van der Waals surface area (Å²) in [4.78, 5) is 0. The van der Waals surface area contributed by atoms with Gasteiger partial charge in [-0.1, -0.05) is 12.1 Å². The van der Waals surface area contributed by atoms with Gasteiger partial charge >= 0.3 is 0 Å². The minimum atomic E-state index is 1.11. The van der Waals surface area contributed by atoms with Crippen LogP contribution in [0.1, 0.15) is 24.0 Å². The number of anilines is 1. The van der Waals surface area contributed by atoms with Crippen molar-refractivity contribution >= 4 is 5.69 Å². The standard InChI is InChI=1S/C13H20N2/c1-14-8-3-2-4-11-5-6-13-12(10-11)7-9-15-13/h5-6,10,14-15H,2-4,7-9H2,1H3. The number of aryl methyl sites for hydroxylation is 1. The van der Waals surface area contributed by atoms with Crippen LogP contribution in [0.4, 0.5) is 5.69 Å². The molecule has 2 heteroatoms. The normalized spacial score (nSPS) is 13.7. The molecule has 15 heavy (non-hydrogen) atoms. The number of unbranched alkanes of at least 4 members (excludes halogenated alkanes) is 1. The lowest BCUT2D eigenvalue weighted by Gasteiger charge is -2.04. The maximum absolute atomic E-state index is 3.39. The van der Waals surface area contributed by atoms with E-state index in [0.29, 0.717) is 0 Å². The van der Waals surface area contributed by atoms with Crippen molar-refractivity contribution in [2.24, 2.45) is 0 Å². The summed E-state index contributed by atoms with van der Waals surface area (Å²) in [6.45, 7) is 2.24. The van der Waals surface area contributed by atoms with Gasteiger partial charge < -0.3 is 10.6 Å². The molecule has 0 radical (unpaired) electrons. The molecule has 0 amide bonds. The first kappa shape index (κ1) is 10.5. The molecule has 1 aromatic carbocycles. The number of hydrogen-bond donors (Lipinski definition) is 2. The van der Waals surface area contributed by atoms with Crippen LogP contribution < -0.4 is 10.6 Å². The minimum Gasteiger partial charge on any atom is -0.384 e. The smallest absolute Gasteiger partial charge is 0.0373 e. The van der Waals surface area contributed by atoms with Crippen molar-refractivity contribution in [3.05, 3.63) is 29.3 Å². The highest BCUT2D eigenvalue weighted by molar-refractivity contribution is 5.56. The monoisotopic (exact) mass is 204 g/mol. The molecule has 1 aliphatic heterocycles. The summed E-state index contributed by atoms with van der Waals surface area (Å²) >= 11 is 0. The van der Waals surface area contributed by atoms with Crippen molar-refractivity contribution in [3.8, 4) is 0 Å². The first-order valence-corrected chi connectivity index (χ1v) is 5.90. The second-order valence-electron chi connectivity index (χ2n) is 4.23. The Morgan fingerprint density at radius 3 is 3.13 bits per heavy atom. The molecule has 1 aliphatic rings. The number of fused-ring (bicyclic) bond motifs is 1. The zero-order valence-electron chi connectivity index (χ0n) is 9.47. The fourth-order valence-electron chi connectivity index (χ4n) is 2.14. The molecule has 0 aliphatic carbocycles. The molecule has 0 aromatic heterocycles. The summed E-state index contributed by atoms with van der Waals surface area (Å²) < 4.78 is 0. The molecule has 0 fully saturated rings.